The lowest BCUT2D eigenvalue weighted by atomic mass is 10.0. The van der Waals surface area contributed by atoms with Crippen molar-refractivity contribution in [2.75, 3.05) is 24.2 Å². The Morgan fingerprint density at radius 2 is 2.16 bits per heavy atom. The highest BCUT2D eigenvalue weighted by Crippen LogP contribution is 2.29. The second-order valence-corrected chi connectivity index (χ2v) is 4.78. The molecule has 2 N–H and O–H groups in total. The Hall–Kier alpha value is -2.04. The van der Waals surface area contributed by atoms with Crippen LogP contribution in [0.3, 0.4) is 0 Å². The second-order valence-electron chi connectivity index (χ2n) is 4.78. The van der Waals surface area contributed by atoms with Gasteiger partial charge in [-0.25, -0.2) is 4.68 Å². The fourth-order valence-corrected chi connectivity index (χ4v) is 2.49. The molecule has 1 atom stereocenters. The summed E-state index contributed by atoms with van der Waals surface area (Å²) in [7, 11) is 1.84. The van der Waals surface area contributed by atoms with Gasteiger partial charge in [0, 0.05) is 13.6 Å². The van der Waals surface area contributed by atoms with Crippen LogP contribution in [0.15, 0.2) is 24.3 Å². The van der Waals surface area contributed by atoms with E-state index in [0.717, 1.165) is 25.3 Å². The normalized spacial score (nSPS) is 17.7. The van der Waals surface area contributed by atoms with Crippen molar-refractivity contribution in [3.8, 4) is 0 Å². The van der Waals surface area contributed by atoms with Gasteiger partial charge in [-0.1, -0.05) is 31.2 Å². The summed E-state index contributed by atoms with van der Waals surface area (Å²) in [5.74, 6) is 1.51. The second kappa shape index (κ2) is 4.91. The van der Waals surface area contributed by atoms with Crippen LogP contribution in [-0.4, -0.2) is 28.4 Å². The van der Waals surface area contributed by atoms with Crippen LogP contribution in [0.1, 0.15) is 30.5 Å². The highest BCUT2D eigenvalue weighted by atomic mass is 15.5. The van der Waals surface area contributed by atoms with Crippen molar-refractivity contribution < 1.29 is 0 Å². The molecular weight excluding hydrogens is 238 g/mol. The summed E-state index contributed by atoms with van der Waals surface area (Å²) in [6.07, 6.45) is 2.11. The lowest BCUT2D eigenvalue weighted by Crippen LogP contribution is -2.24. The molecule has 0 bridgehead atoms. The topological polar surface area (TPSA) is 54.8 Å². The van der Waals surface area contributed by atoms with E-state index in [-0.39, 0.29) is 6.04 Å². The number of aromatic nitrogens is 3. The molecule has 1 aromatic heterocycles. The van der Waals surface area contributed by atoms with Crippen LogP contribution in [-0.2, 0) is 6.42 Å². The molecule has 0 saturated heterocycles. The molecular formula is C14H19N5. The van der Waals surface area contributed by atoms with Gasteiger partial charge in [-0.05, 0) is 24.0 Å². The van der Waals surface area contributed by atoms with Gasteiger partial charge in [0.2, 0.25) is 11.9 Å². The molecule has 2 aromatic rings. The van der Waals surface area contributed by atoms with Crippen molar-refractivity contribution in [3.05, 3.63) is 35.4 Å². The van der Waals surface area contributed by atoms with Gasteiger partial charge in [-0.3, -0.25) is 0 Å². The van der Waals surface area contributed by atoms with Gasteiger partial charge < -0.3 is 10.6 Å². The van der Waals surface area contributed by atoms with Gasteiger partial charge in [0.05, 0.1) is 6.04 Å². The molecule has 1 unspecified atom stereocenters. The van der Waals surface area contributed by atoms with E-state index in [0.29, 0.717) is 5.95 Å². The van der Waals surface area contributed by atoms with E-state index < -0.39 is 0 Å². The zero-order chi connectivity index (χ0) is 13.2. The number of fused-ring (bicyclic) bond motifs is 1. The minimum Gasteiger partial charge on any atom is -0.356 e. The predicted octanol–water partition coefficient (Wildman–Crippen LogP) is 2.29. The van der Waals surface area contributed by atoms with Crippen LogP contribution < -0.4 is 10.6 Å². The zero-order valence-corrected chi connectivity index (χ0v) is 11.3. The number of aryl methyl sites for hydroxylation is 1. The smallest absolute Gasteiger partial charge is 0.243 e. The molecule has 0 aliphatic carbocycles. The molecule has 5 heteroatoms. The van der Waals surface area contributed by atoms with E-state index >= 15 is 0 Å². The first-order valence-electron chi connectivity index (χ1n) is 6.79. The fourth-order valence-electron chi connectivity index (χ4n) is 2.49. The molecule has 0 amide bonds. The highest BCUT2D eigenvalue weighted by Gasteiger charge is 2.24. The summed E-state index contributed by atoms with van der Waals surface area (Å²) in [6, 6.07) is 9.09. The third-order valence-electron chi connectivity index (χ3n) is 3.62. The van der Waals surface area contributed by atoms with Gasteiger partial charge in [-0.15, -0.1) is 5.10 Å². The van der Waals surface area contributed by atoms with Gasteiger partial charge in [0.25, 0.3) is 0 Å². The molecule has 19 heavy (non-hydrogen) atoms. The zero-order valence-electron chi connectivity index (χ0n) is 11.3. The Morgan fingerprint density at radius 1 is 1.37 bits per heavy atom. The third kappa shape index (κ3) is 2.16. The first-order valence-corrected chi connectivity index (χ1v) is 6.79. The van der Waals surface area contributed by atoms with Gasteiger partial charge in [0.1, 0.15) is 0 Å². The van der Waals surface area contributed by atoms with E-state index in [9.17, 15) is 0 Å². The number of benzene rings is 1. The van der Waals surface area contributed by atoms with E-state index in [1.807, 2.05) is 11.7 Å². The molecule has 1 aliphatic rings. The summed E-state index contributed by atoms with van der Waals surface area (Å²) in [5.41, 5.74) is 2.67. The maximum absolute atomic E-state index is 4.50. The molecule has 0 saturated carbocycles. The first kappa shape index (κ1) is 12.0. The lowest BCUT2D eigenvalue weighted by Gasteiger charge is -2.24. The summed E-state index contributed by atoms with van der Waals surface area (Å²) in [6.45, 7) is 3.11. The molecule has 5 nitrogen and oxygen atoms in total. The van der Waals surface area contributed by atoms with Crippen LogP contribution >= 0.6 is 0 Å². The van der Waals surface area contributed by atoms with Crippen molar-refractivity contribution in [2.24, 2.45) is 0 Å². The van der Waals surface area contributed by atoms with Gasteiger partial charge in [0.15, 0.2) is 0 Å². The van der Waals surface area contributed by atoms with Crippen LogP contribution in [0.4, 0.5) is 11.9 Å². The number of hydrogen-bond acceptors (Lipinski definition) is 4. The van der Waals surface area contributed by atoms with E-state index in [4.69, 9.17) is 0 Å². The monoisotopic (exact) mass is 257 g/mol. The molecule has 1 aliphatic heterocycles. The molecule has 2 heterocycles. The minimum atomic E-state index is 0.275. The van der Waals surface area contributed by atoms with Gasteiger partial charge in [-0.2, -0.15) is 4.98 Å². The minimum absolute atomic E-state index is 0.275. The molecule has 1 aromatic carbocycles. The SMILES string of the molecule is CCc1ccc(C2CCNc3nc(NC)nn32)cc1. The van der Waals surface area contributed by atoms with E-state index in [2.05, 4.69) is 51.9 Å². The number of rotatable bonds is 3. The summed E-state index contributed by atoms with van der Waals surface area (Å²) in [5, 5.41) is 10.8. The number of hydrogen-bond donors (Lipinski definition) is 2. The van der Waals surface area contributed by atoms with Gasteiger partial charge >= 0.3 is 0 Å². The maximum Gasteiger partial charge on any atom is 0.243 e. The molecule has 100 valence electrons. The largest absolute Gasteiger partial charge is 0.356 e. The average molecular weight is 257 g/mol. The van der Waals surface area contributed by atoms with Crippen molar-refractivity contribution >= 4 is 11.9 Å². The van der Waals surface area contributed by atoms with Crippen LogP contribution in [0.25, 0.3) is 0 Å². The Morgan fingerprint density at radius 3 is 2.84 bits per heavy atom. The lowest BCUT2D eigenvalue weighted by molar-refractivity contribution is 0.481. The Labute approximate surface area is 113 Å². The fraction of sp³-hybridized carbons (Fsp3) is 0.429. The Balaban J connectivity index is 1.95. The summed E-state index contributed by atoms with van der Waals surface area (Å²) < 4.78 is 1.98. The molecule has 3 rings (SSSR count). The molecule has 0 radical (unpaired) electrons. The predicted molar refractivity (Wildman–Crippen MR) is 76.6 cm³/mol. The maximum atomic E-state index is 4.50. The van der Waals surface area contributed by atoms with E-state index in [1.54, 1.807) is 0 Å². The van der Waals surface area contributed by atoms with Crippen molar-refractivity contribution in [2.45, 2.75) is 25.8 Å². The number of nitrogens with one attached hydrogen (secondary N) is 2. The van der Waals surface area contributed by atoms with Crippen LogP contribution in [0.5, 0.6) is 0 Å². The number of anilines is 2. The highest BCUT2D eigenvalue weighted by molar-refractivity contribution is 5.39. The van der Waals surface area contributed by atoms with Crippen molar-refractivity contribution in [3.63, 3.8) is 0 Å². The molecule has 0 fully saturated rings. The third-order valence-corrected chi connectivity index (χ3v) is 3.62. The standard InChI is InChI=1S/C14H19N5/c1-3-10-4-6-11(7-5-10)12-8-9-16-14-17-13(15-2)18-19(12)14/h4-7,12H,3,8-9H2,1-2H3,(H2,15,16,17,18). The quantitative estimate of drug-likeness (QED) is 0.885. The van der Waals surface area contributed by atoms with E-state index in [1.165, 1.54) is 11.1 Å². The molecule has 0 spiro atoms. The van der Waals surface area contributed by atoms with Crippen molar-refractivity contribution in [1.82, 2.24) is 14.8 Å². The summed E-state index contributed by atoms with van der Waals surface area (Å²) in [4.78, 5) is 4.41. The number of nitrogens with zero attached hydrogens (tertiary/aromatic N) is 3. The van der Waals surface area contributed by atoms with Crippen LogP contribution in [0.2, 0.25) is 0 Å². The Bertz CT molecular complexity index is 558. The Kier molecular flexibility index (Phi) is 3.11. The van der Waals surface area contributed by atoms with Crippen molar-refractivity contribution in [1.29, 1.82) is 0 Å². The first-order chi connectivity index (χ1) is 9.31. The van der Waals surface area contributed by atoms with Crippen LogP contribution in [0, 0.1) is 0 Å². The average Bonchev–Trinajstić information content (AvgIpc) is 2.90. The summed E-state index contributed by atoms with van der Waals surface area (Å²) >= 11 is 0.